The summed E-state index contributed by atoms with van der Waals surface area (Å²) in [7, 11) is 0. The largest absolute Gasteiger partial charge is 0.633 e. The Kier molecular flexibility index (Phi) is 8.62. The van der Waals surface area contributed by atoms with Crippen LogP contribution >= 0.6 is 0 Å². The third-order valence-corrected chi connectivity index (χ3v) is 3.97. The summed E-state index contributed by atoms with van der Waals surface area (Å²) in [6.45, 7) is 4.63. The molecule has 19 heavy (non-hydrogen) atoms. The Balaban J connectivity index is 1.99. The molecule has 0 aromatic carbocycles. The average molecular weight is 273 g/mol. The van der Waals surface area contributed by atoms with Crippen molar-refractivity contribution in [2.24, 2.45) is 0 Å². The molecule has 1 unspecified atom stereocenters. The van der Waals surface area contributed by atoms with Crippen LogP contribution in [0, 0.1) is 5.21 Å². The van der Waals surface area contributed by atoms with E-state index in [-0.39, 0.29) is 4.65 Å². The molecule has 1 heterocycles. The quantitative estimate of drug-likeness (QED) is 0.378. The van der Waals surface area contributed by atoms with Gasteiger partial charge >= 0.3 is 0 Å². The number of morpholine rings is 1. The monoisotopic (exact) mass is 273 g/mol. The first-order chi connectivity index (χ1) is 9.16. The molecule has 4 heteroatoms. The molecule has 0 aliphatic carbocycles. The number of rotatable bonds is 10. The zero-order chi connectivity index (χ0) is 14.0. The Morgan fingerprint density at radius 3 is 2.26 bits per heavy atom. The molecule has 0 radical (unpaired) electrons. The van der Waals surface area contributed by atoms with E-state index in [4.69, 9.17) is 4.74 Å². The normalized spacial score (nSPS) is 20.4. The highest BCUT2D eigenvalue weighted by Gasteiger charge is 2.24. The lowest BCUT2D eigenvalue weighted by molar-refractivity contribution is -0.891. The molecular formula is C15H31NO3. The SMILES string of the molecule is CCCCCCCCCC(O)C[N+]1([O-])CCOCC1. The lowest BCUT2D eigenvalue weighted by atomic mass is 10.1. The summed E-state index contributed by atoms with van der Waals surface area (Å²) in [6.07, 6.45) is 9.09. The zero-order valence-electron chi connectivity index (χ0n) is 12.5. The van der Waals surface area contributed by atoms with E-state index in [1.54, 1.807) is 0 Å². The van der Waals surface area contributed by atoms with E-state index in [0.717, 1.165) is 12.8 Å². The van der Waals surface area contributed by atoms with Gasteiger partial charge in [-0.05, 0) is 6.42 Å². The minimum atomic E-state index is -0.439. The molecule has 1 aliphatic heterocycles. The van der Waals surface area contributed by atoms with Crippen LogP contribution in [-0.2, 0) is 4.74 Å². The maximum atomic E-state index is 12.2. The molecule has 0 aromatic rings. The number of hydroxylamine groups is 3. The zero-order valence-corrected chi connectivity index (χ0v) is 12.5. The number of hydrogen-bond acceptors (Lipinski definition) is 3. The predicted molar refractivity (Wildman–Crippen MR) is 77.7 cm³/mol. The summed E-state index contributed by atoms with van der Waals surface area (Å²) >= 11 is 0. The van der Waals surface area contributed by atoms with Crippen molar-refractivity contribution >= 4 is 0 Å². The van der Waals surface area contributed by atoms with Crippen molar-refractivity contribution in [2.45, 2.75) is 64.4 Å². The van der Waals surface area contributed by atoms with Gasteiger partial charge in [0.05, 0.1) is 13.2 Å². The maximum Gasteiger partial charge on any atom is 0.105 e. The molecule has 1 aliphatic rings. The van der Waals surface area contributed by atoms with E-state index in [9.17, 15) is 10.3 Å². The number of aliphatic hydroxyl groups excluding tert-OH is 1. The number of unbranched alkanes of at least 4 members (excludes halogenated alkanes) is 6. The summed E-state index contributed by atoms with van der Waals surface area (Å²) in [5.41, 5.74) is 0. The number of nitrogens with zero attached hydrogens (tertiary/aromatic N) is 1. The molecule has 0 bridgehead atoms. The van der Waals surface area contributed by atoms with Gasteiger partial charge in [-0.2, -0.15) is 0 Å². The molecule has 1 rings (SSSR count). The van der Waals surface area contributed by atoms with Crippen molar-refractivity contribution in [1.29, 1.82) is 0 Å². The van der Waals surface area contributed by atoms with Gasteiger partial charge in [-0.25, -0.2) is 0 Å². The van der Waals surface area contributed by atoms with Crippen molar-refractivity contribution in [3.05, 3.63) is 5.21 Å². The molecule has 0 spiro atoms. The fourth-order valence-corrected chi connectivity index (χ4v) is 2.67. The summed E-state index contributed by atoms with van der Waals surface area (Å²) in [5, 5.41) is 22.2. The summed E-state index contributed by atoms with van der Waals surface area (Å²) < 4.78 is 4.93. The fraction of sp³-hybridized carbons (Fsp3) is 1.00. The van der Waals surface area contributed by atoms with Crippen molar-refractivity contribution in [1.82, 2.24) is 0 Å². The first-order valence-corrected chi connectivity index (χ1v) is 7.99. The van der Waals surface area contributed by atoms with Crippen LogP contribution in [0.5, 0.6) is 0 Å². The molecule has 1 fully saturated rings. The summed E-state index contributed by atoms with van der Waals surface area (Å²) in [5.74, 6) is 0. The van der Waals surface area contributed by atoms with Gasteiger partial charge in [0.2, 0.25) is 0 Å². The van der Waals surface area contributed by atoms with Gasteiger partial charge in [0, 0.05) is 0 Å². The first kappa shape index (κ1) is 16.9. The molecule has 114 valence electrons. The number of quaternary nitrogens is 1. The van der Waals surface area contributed by atoms with E-state index in [0.29, 0.717) is 32.8 Å². The van der Waals surface area contributed by atoms with Crippen LogP contribution in [-0.4, -0.2) is 48.7 Å². The number of hydrogen-bond donors (Lipinski definition) is 1. The number of ether oxygens (including phenoxy) is 1. The standard InChI is InChI=1S/C15H31NO3/c1-2-3-4-5-6-7-8-9-15(17)14-16(18)10-12-19-13-11-16/h15,17H,2-14H2,1H3. The van der Waals surface area contributed by atoms with Gasteiger partial charge in [-0.15, -0.1) is 0 Å². The molecule has 4 nitrogen and oxygen atoms in total. The molecule has 1 saturated heterocycles. The highest BCUT2D eigenvalue weighted by molar-refractivity contribution is 4.60. The Bertz CT molecular complexity index is 217. The third kappa shape index (κ3) is 7.88. The predicted octanol–water partition coefficient (Wildman–Crippen LogP) is 2.83. The summed E-state index contributed by atoms with van der Waals surface area (Å²) in [4.78, 5) is 0. The minimum absolute atomic E-state index is 0.266. The van der Waals surface area contributed by atoms with Crippen molar-refractivity contribution in [3.63, 3.8) is 0 Å². The Labute approximate surface area is 117 Å². The van der Waals surface area contributed by atoms with E-state index in [1.807, 2.05) is 0 Å². The van der Waals surface area contributed by atoms with Crippen molar-refractivity contribution in [3.8, 4) is 0 Å². The fourth-order valence-electron chi connectivity index (χ4n) is 2.67. The molecular weight excluding hydrogens is 242 g/mol. The van der Waals surface area contributed by atoms with Gasteiger partial charge < -0.3 is 19.7 Å². The lowest BCUT2D eigenvalue weighted by Crippen LogP contribution is -2.53. The van der Waals surface area contributed by atoms with Crippen molar-refractivity contribution in [2.75, 3.05) is 32.8 Å². The van der Waals surface area contributed by atoms with Crippen LogP contribution in [0.4, 0.5) is 0 Å². The second kappa shape index (κ2) is 9.70. The third-order valence-electron chi connectivity index (χ3n) is 3.97. The average Bonchev–Trinajstić information content (AvgIpc) is 2.38. The minimum Gasteiger partial charge on any atom is -0.633 e. The smallest absolute Gasteiger partial charge is 0.105 e. The Morgan fingerprint density at radius 1 is 1.05 bits per heavy atom. The van der Waals surface area contributed by atoms with Crippen LogP contribution in [0.25, 0.3) is 0 Å². The summed E-state index contributed by atoms with van der Waals surface area (Å²) in [6, 6.07) is 0. The first-order valence-electron chi connectivity index (χ1n) is 7.99. The molecule has 0 amide bonds. The van der Waals surface area contributed by atoms with Gasteiger partial charge in [0.1, 0.15) is 25.7 Å². The van der Waals surface area contributed by atoms with Gasteiger partial charge in [-0.3, -0.25) is 0 Å². The van der Waals surface area contributed by atoms with Crippen molar-refractivity contribution < 1.29 is 14.5 Å². The van der Waals surface area contributed by atoms with Gasteiger partial charge in [-0.1, -0.05) is 51.9 Å². The van der Waals surface area contributed by atoms with Gasteiger partial charge in [0.15, 0.2) is 0 Å². The van der Waals surface area contributed by atoms with Crippen LogP contribution in [0.15, 0.2) is 0 Å². The van der Waals surface area contributed by atoms with E-state index in [1.165, 1.54) is 38.5 Å². The van der Waals surface area contributed by atoms with E-state index >= 15 is 0 Å². The van der Waals surface area contributed by atoms with Gasteiger partial charge in [0.25, 0.3) is 0 Å². The van der Waals surface area contributed by atoms with Crippen LogP contribution in [0.2, 0.25) is 0 Å². The van der Waals surface area contributed by atoms with E-state index < -0.39 is 6.10 Å². The highest BCUT2D eigenvalue weighted by atomic mass is 16.6. The Morgan fingerprint density at radius 2 is 1.63 bits per heavy atom. The van der Waals surface area contributed by atoms with Crippen LogP contribution in [0.3, 0.4) is 0 Å². The second-order valence-corrected chi connectivity index (χ2v) is 5.86. The van der Waals surface area contributed by atoms with Crippen LogP contribution < -0.4 is 0 Å². The molecule has 1 atom stereocenters. The van der Waals surface area contributed by atoms with Crippen LogP contribution in [0.1, 0.15) is 58.3 Å². The molecule has 0 saturated carbocycles. The number of aliphatic hydroxyl groups is 1. The maximum absolute atomic E-state index is 12.2. The topological polar surface area (TPSA) is 52.5 Å². The highest BCUT2D eigenvalue weighted by Crippen LogP contribution is 2.14. The van der Waals surface area contributed by atoms with E-state index in [2.05, 4.69) is 6.92 Å². The lowest BCUT2D eigenvalue weighted by Gasteiger charge is -2.46. The second-order valence-electron chi connectivity index (χ2n) is 5.86. The molecule has 0 aromatic heterocycles. The molecule has 1 N–H and O–H groups in total. The Hall–Kier alpha value is -0.160.